The molecule has 0 radical (unpaired) electrons. The zero-order chi connectivity index (χ0) is 21.6. The summed E-state index contributed by atoms with van der Waals surface area (Å²) in [5.74, 6) is 0.353. The van der Waals surface area contributed by atoms with Gasteiger partial charge < -0.3 is 14.6 Å². The average molecular weight is 421 g/mol. The molecule has 0 aliphatic carbocycles. The summed E-state index contributed by atoms with van der Waals surface area (Å²) in [6.07, 6.45) is 4.56. The van der Waals surface area contributed by atoms with Gasteiger partial charge in [-0.15, -0.1) is 0 Å². The van der Waals surface area contributed by atoms with E-state index < -0.39 is 0 Å². The number of nitrogens with zero attached hydrogens (tertiary/aromatic N) is 2. The Morgan fingerprint density at radius 3 is 2.87 bits per heavy atom. The van der Waals surface area contributed by atoms with Gasteiger partial charge in [0.25, 0.3) is 0 Å². The molecular formula is C24H24FN3O3. The molecule has 0 spiro atoms. The van der Waals surface area contributed by atoms with Gasteiger partial charge in [0.1, 0.15) is 5.82 Å². The Morgan fingerprint density at radius 1 is 1.16 bits per heavy atom. The molecule has 2 aromatic carbocycles. The highest BCUT2D eigenvalue weighted by atomic mass is 19.1. The fourth-order valence-corrected chi connectivity index (χ4v) is 3.65. The Morgan fingerprint density at radius 2 is 2.03 bits per heavy atom. The fourth-order valence-electron chi connectivity index (χ4n) is 3.65. The van der Waals surface area contributed by atoms with E-state index in [1.54, 1.807) is 18.2 Å². The third-order valence-corrected chi connectivity index (χ3v) is 5.26. The van der Waals surface area contributed by atoms with Gasteiger partial charge >= 0.3 is 0 Å². The number of hydrogen-bond acceptors (Lipinski definition) is 4. The zero-order valence-corrected chi connectivity index (χ0v) is 17.1. The van der Waals surface area contributed by atoms with Gasteiger partial charge in [0.2, 0.25) is 11.8 Å². The minimum absolute atomic E-state index is 0.170. The van der Waals surface area contributed by atoms with Crippen LogP contribution in [0, 0.1) is 5.82 Å². The molecule has 6 nitrogen and oxygen atoms in total. The summed E-state index contributed by atoms with van der Waals surface area (Å²) in [7, 11) is 0. The van der Waals surface area contributed by atoms with Crippen LogP contribution in [0.5, 0.6) is 0 Å². The average Bonchev–Trinajstić information content (AvgIpc) is 3.23. The summed E-state index contributed by atoms with van der Waals surface area (Å²) in [5.41, 5.74) is 2.01. The smallest absolute Gasteiger partial charge is 0.224 e. The number of carbonyl (C=O) groups excluding carboxylic acids is 2. The van der Waals surface area contributed by atoms with E-state index in [0.717, 1.165) is 24.9 Å². The lowest BCUT2D eigenvalue weighted by atomic mass is 10.1. The van der Waals surface area contributed by atoms with Gasteiger partial charge in [0.05, 0.1) is 11.8 Å². The number of aromatic nitrogens is 1. The number of hydrogen-bond donors (Lipinski definition) is 1. The Hall–Kier alpha value is -3.48. The van der Waals surface area contributed by atoms with Gasteiger partial charge in [-0.2, -0.15) is 0 Å². The van der Waals surface area contributed by atoms with E-state index in [1.807, 2.05) is 29.2 Å². The third kappa shape index (κ3) is 5.36. The Balaban J connectivity index is 1.31. The Kier molecular flexibility index (Phi) is 6.40. The first-order valence-electron chi connectivity index (χ1n) is 10.4. The van der Waals surface area contributed by atoms with Crippen LogP contribution in [-0.2, 0) is 22.6 Å². The summed E-state index contributed by atoms with van der Waals surface area (Å²) in [6, 6.07) is 13.9. The SMILES string of the molecule is O=C(CCc1ncc(-c2ccccc2F)o1)Nc1cccc(CN2CCCCC2=O)c1. The lowest BCUT2D eigenvalue weighted by Gasteiger charge is -2.26. The quantitative estimate of drug-likeness (QED) is 0.607. The molecule has 2 heterocycles. The number of anilines is 1. The second-order valence-corrected chi connectivity index (χ2v) is 7.62. The van der Waals surface area contributed by atoms with Crippen molar-refractivity contribution in [2.24, 2.45) is 0 Å². The van der Waals surface area contributed by atoms with Crippen molar-refractivity contribution in [1.29, 1.82) is 0 Å². The van der Waals surface area contributed by atoms with Crippen LogP contribution in [-0.4, -0.2) is 28.2 Å². The molecule has 0 bridgehead atoms. The highest BCUT2D eigenvalue weighted by Crippen LogP contribution is 2.24. The van der Waals surface area contributed by atoms with Crippen LogP contribution < -0.4 is 5.32 Å². The van der Waals surface area contributed by atoms with Crippen LogP contribution in [0.3, 0.4) is 0 Å². The molecule has 1 fully saturated rings. The second-order valence-electron chi connectivity index (χ2n) is 7.62. The molecule has 160 valence electrons. The lowest BCUT2D eigenvalue weighted by Crippen LogP contribution is -2.34. The van der Waals surface area contributed by atoms with E-state index in [0.29, 0.717) is 42.3 Å². The molecule has 1 saturated heterocycles. The predicted octanol–water partition coefficient (Wildman–Crippen LogP) is 4.56. The molecule has 1 N–H and O–H groups in total. The van der Waals surface area contributed by atoms with Crippen molar-refractivity contribution < 1.29 is 18.4 Å². The predicted molar refractivity (Wildman–Crippen MR) is 115 cm³/mol. The molecule has 1 aromatic heterocycles. The summed E-state index contributed by atoms with van der Waals surface area (Å²) in [6.45, 7) is 1.33. The summed E-state index contributed by atoms with van der Waals surface area (Å²) in [5, 5.41) is 2.88. The maximum absolute atomic E-state index is 13.9. The molecular weight excluding hydrogens is 397 g/mol. The van der Waals surface area contributed by atoms with Crippen molar-refractivity contribution in [2.75, 3.05) is 11.9 Å². The highest BCUT2D eigenvalue weighted by Gasteiger charge is 2.18. The Labute approximate surface area is 180 Å². The molecule has 3 aromatic rings. The van der Waals surface area contributed by atoms with E-state index in [2.05, 4.69) is 10.3 Å². The van der Waals surface area contributed by atoms with Crippen LogP contribution in [0.15, 0.2) is 59.1 Å². The van der Waals surface area contributed by atoms with Gasteiger partial charge in [-0.1, -0.05) is 24.3 Å². The zero-order valence-electron chi connectivity index (χ0n) is 17.1. The largest absolute Gasteiger partial charge is 0.441 e. The standard InChI is InChI=1S/C24H24FN3O3/c25-20-9-2-1-8-19(20)21-15-26-23(31-21)12-11-22(29)27-18-7-5-6-17(14-18)16-28-13-4-3-10-24(28)30/h1-2,5-9,14-15H,3-4,10-13,16H2,(H,27,29). The number of aryl methyl sites for hydroxylation is 1. The number of amides is 2. The molecule has 1 aliphatic heterocycles. The van der Waals surface area contributed by atoms with E-state index in [9.17, 15) is 14.0 Å². The summed E-state index contributed by atoms with van der Waals surface area (Å²) < 4.78 is 19.5. The van der Waals surface area contributed by atoms with Crippen molar-refractivity contribution in [3.63, 3.8) is 0 Å². The number of benzene rings is 2. The minimum atomic E-state index is -0.380. The van der Waals surface area contributed by atoms with Crippen molar-refractivity contribution in [3.8, 4) is 11.3 Å². The fraction of sp³-hybridized carbons (Fsp3) is 0.292. The van der Waals surface area contributed by atoms with Crippen LogP contribution in [0.4, 0.5) is 10.1 Å². The third-order valence-electron chi connectivity index (χ3n) is 5.26. The van der Waals surface area contributed by atoms with Gasteiger partial charge in [-0.3, -0.25) is 9.59 Å². The number of carbonyl (C=O) groups is 2. The lowest BCUT2D eigenvalue weighted by molar-refractivity contribution is -0.133. The molecule has 1 aliphatic rings. The number of piperidine rings is 1. The minimum Gasteiger partial charge on any atom is -0.441 e. The van der Waals surface area contributed by atoms with Crippen molar-refractivity contribution in [3.05, 3.63) is 72.0 Å². The highest BCUT2D eigenvalue weighted by molar-refractivity contribution is 5.90. The maximum atomic E-state index is 13.9. The summed E-state index contributed by atoms with van der Waals surface area (Å²) in [4.78, 5) is 30.4. The molecule has 31 heavy (non-hydrogen) atoms. The van der Waals surface area contributed by atoms with E-state index in [-0.39, 0.29) is 24.1 Å². The van der Waals surface area contributed by atoms with Gasteiger partial charge in [-0.25, -0.2) is 9.37 Å². The van der Waals surface area contributed by atoms with Gasteiger partial charge in [0, 0.05) is 38.0 Å². The van der Waals surface area contributed by atoms with Gasteiger partial charge in [0.15, 0.2) is 11.7 Å². The molecule has 2 amide bonds. The first-order chi connectivity index (χ1) is 15.1. The normalized spacial score (nSPS) is 14.0. The van der Waals surface area contributed by atoms with Crippen LogP contribution in [0.1, 0.15) is 37.1 Å². The topological polar surface area (TPSA) is 75.4 Å². The number of rotatable bonds is 7. The van der Waals surface area contributed by atoms with Crippen molar-refractivity contribution in [1.82, 2.24) is 9.88 Å². The van der Waals surface area contributed by atoms with Crippen LogP contribution in [0.25, 0.3) is 11.3 Å². The van der Waals surface area contributed by atoms with E-state index >= 15 is 0 Å². The molecule has 0 unspecified atom stereocenters. The molecule has 4 rings (SSSR count). The van der Waals surface area contributed by atoms with E-state index in [1.165, 1.54) is 12.3 Å². The van der Waals surface area contributed by atoms with Gasteiger partial charge in [-0.05, 0) is 42.7 Å². The monoisotopic (exact) mass is 421 g/mol. The summed E-state index contributed by atoms with van der Waals surface area (Å²) >= 11 is 0. The number of nitrogens with one attached hydrogen (secondary N) is 1. The Bertz CT molecular complexity index is 1080. The van der Waals surface area contributed by atoms with E-state index in [4.69, 9.17) is 4.42 Å². The number of likely N-dealkylation sites (tertiary alicyclic amines) is 1. The first kappa shape index (κ1) is 20.8. The second kappa shape index (κ2) is 9.55. The first-order valence-corrected chi connectivity index (χ1v) is 10.4. The molecule has 0 saturated carbocycles. The van der Waals surface area contributed by atoms with Crippen molar-refractivity contribution >= 4 is 17.5 Å². The van der Waals surface area contributed by atoms with Crippen LogP contribution in [0.2, 0.25) is 0 Å². The number of halogens is 1. The number of oxazole rings is 1. The molecule has 0 atom stereocenters. The molecule has 7 heteroatoms. The van der Waals surface area contributed by atoms with Crippen molar-refractivity contribution in [2.45, 2.75) is 38.6 Å². The van der Waals surface area contributed by atoms with Crippen LogP contribution >= 0.6 is 0 Å². The maximum Gasteiger partial charge on any atom is 0.224 e.